The normalized spacial score (nSPS) is 24.9. The van der Waals surface area contributed by atoms with Crippen molar-refractivity contribution >= 4 is 33.0 Å². The number of hydrogen-bond donors (Lipinski definition) is 5. The van der Waals surface area contributed by atoms with Crippen LogP contribution in [0.1, 0.15) is 67.5 Å². The minimum Gasteiger partial charge on any atom is -0.387 e. The molecule has 1 aromatic heterocycles. The molecule has 0 saturated heterocycles. The van der Waals surface area contributed by atoms with Crippen LogP contribution in [-0.4, -0.2) is 50.5 Å². The number of carbonyl (C=O) groups excluding carboxylic acids is 1. The average molecular weight is 628 g/mol. The number of aromatic nitrogens is 2. The van der Waals surface area contributed by atoms with Gasteiger partial charge < -0.3 is 25.6 Å². The fraction of sp³-hybridized carbons (Fsp3) is 0.429. The zero-order valence-electron chi connectivity index (χ0n) is 22.5. The molecule has 2 bridgehead atoms. The summed E-state index contributed by atoms with van der Waals surface area (Å²) in [5.74, 6) is -6.40. The first-order valence-corrected chi connectivity index (χ1v) is 15.1. The Morgan fingerprint density at radius 1 is 1.14 bits per heavy atom. The first-order chi connectivity index (χ1) is 19.5. The van der Waals surface area contributed by atoms with E-state index in [-0.39, 0.29) is 45.5 Å². The van der Waals surface area contributed by atoms with Gasteiger partial charge >= 0.3 is 0 Å². The van der Waals surface area contributed by atoms with E-state index in [9.17, 15) is 41.7 Å². The summed E-state index contributed by atoms with van der Waals surface area (Å²) in [4.78, 5) is 19.7. The molecule has 5 N–H and O–H groups in total. The van der Waals surface area contributed by atoms with Gasteiger partial charge in [-0.15, -0.1) is 0 Å². The van der Waals surface area contributed by atoms with Crippen LogP contribution in [0.5, 0.6) is 0 Å². The molecule has 1 heterocycles. The van der Waals surface area contributed by atoms with Gasteiger partial charge in [0.1, 0.15) is 17.5 Å². The Morgan fingerprint density at radius 3 is 2.31 bits per heavy atom. The summed E-state index contributed by atoms with van der Waals surface area (Å²) in [6.07, 6.45) is 1.24. The molecule has 5 rings (SSSR count). The number of carbonyl (C=O) groups is 1. The Kier molecular flexibility index (Phi) is 7.72. The third-order valence-corrected chi connectivity index (χ3v) is 11.0. The van der Waals surface area contributed by atoms with E-state index >= 15 is 0 Å². The lowest BCUT2D eigenvalue weighted by molar-refractivity contribution is -0.0727. The molecule has 2 fully saturated rings. The van der Waals surface area contributed by atoms with Gasteiger partial charge in [-0.05, 0) is 69.6 Å². The number of benzene rings is 2. The second-order valence-electron chi connectivity index (χ2n) is 11.5. The van der Waals surface area contributed by atoms with Gasteiger partial charge in [0, 0.05) is 23.4 Å². The van der Waals surface area contributed by atoms with E-state index in [4.69, 9.17) is 11.6 Å². The number of fused-ring (bicyclic) bond motifs is 2. The van der Waals surface area contributed by atoms with Crippen LogP contribution in [-0.2, 0) is 15.4 Å². The second-order valence-corrected chi connectivity index (χ2v) is 14.1. The Hall–Kier alpha value is -2.97. The van der Waals surface area contributed by atoms with Crippen LogP contribution in [0.15, 0.2) is 41.4 Å². The summed E-state index contributed by atoms with van der Waals surface area (Å²) < 4.78 is 68.1. The smallest absolute Gasteiger partial charge is 0.255 e. The molecule has 1 amide bonds. The standard InChI is InChI=1S/C28H29ClF3N3O6S/c1-27(2,38)24(36)21-12-33-26(35-21)28(39)14-4-5-15(28)9-17(8-14)42(40,41)22-7-13(3-6-18(22)29)25(37)34-16-10-19(30)23(32)20(31)11-16/h3,6-7,10-12,14-15,17,24,36,38-39H,4-5,8-9H2,1-2H3,(H,33,35)(H,34,37)/t14-,15?,17?,24?,28?/m0/s1. The number of aromatic amines is 1. The summed E-state index contributed by atoms with van der Waals surface area (Å²) in [5, 5.41) is 33.5. The molecule has 5 atom stereocenters. The predicted octanol–water partition coefficient (Wildman–Crippen LogP) is 4.39. The highest BCUT2D eigenvalue weighted by Crippen LogP contribution is 2.56. The number of H-pyrrole nitrogens is 1. The number of imidazole rings is 1. The Morgan fingerprint density at radius 2 is 1.74 bits per heavy atom. The molecule has 2 aliphatic rings. The number of rotatable bonds is 7. The fourth-order valence-electron chi connectivity index (χ4n) is 6.07. The third kappa shape index (κ3) is 5.21. The lowest BCUT2D eigenvalue weighted by Crippen LogP contribution is -2.46. The molecule has 226 valence electrons. The summed E-state index contributed by atoms with van der Waals surface area (Å²) >= 11 is 6.27. The largest absolute Gasteiger partial charge is 0.387 e. The van der Waals surface area contributed by atoms with Crippen molar-refractivity contribution in [2.75, 3.05) is 5.32 Å². The molecule has 4 unspecified atom stereocenters. The minimum absolute atomic E-state index is 0.0697. The molecular formula is C28H29ClF3N3O6S. The number of aliphatic hydroxyl groups is 3. The van der Waals surface area contributed by atoms with Crippen molar-refractivity contribution < 1.29 is 41.7 Å². The first kappa shape index (κ1) is 30.5. The van der Waals surface area contributed by atoms with Crippen molar-refractivity contribution in [1.29, 1.82) is 0 Å². The van der Waals surface area contributed by atoms with E-state index in [2.05, 4.69) is 15.3 Å². The zero-order chi connectivity index (χ0) is 30.8. The fourth-order valence-corrected chi connectivity index (χ4v) is 8.48. The second kappa shape index (κ2) is 10.6. The molecule has 0 aliphatic heterocycles. The van der Waals surface area contributed by atoms with Crippen LogP contribution in [0.4, 0.5) is 18.9 Å². The molecule has 9 nitrogen and oxygen atoms in total. The van der Waals surface area contributed by atoms with Crippen molar-refractivity contribution in [3.63, 3.8) is 0 Å². The Labute approximate surface area is 244 Å². The summed E-state index contributed by atoms with van der Waals surface area (Å²) in [6.45, 7) is 2.86. The molecule has 2 saturated carbocycles. The van der Waals surface area contributed by atoms with E-state index in [1.165, 1.54) is 32.2 Å². The number of nitrogens with one attached hydrogen (secondary N) is 2. The van der Waals surface area contributed by atoms with Gasteiger partial charge in [-0.25, -0.2) is 26.6 Å². The van der Waals surface area contributed by atoms with Gasteiger partial charge in [-0.2, -0.15) is 0 Å². The maximum Gasteiger partial charge on any atom is 0.255 e. The highest BCUT2D eigenvalue weighted by molar-refractivity contribution is 7.92. The average Bonchev–Trinajstić information content (AvgIpc) is 3.44. The number of nitrogens with zero attached hydrogens (tertiary/aromatic N) is 1. The van der Waals surface area contributed by atoms with Crippen molar-refractivity contribution in [3.8, 4) is 0 Å². The highest BCUT2D eigenvalue weighted by Gasteiger charge is 2.58. The quantitative estimate of drug-likeness (QED) is 0.244. The first-order valence-electron chi connectivity index (χ1n) is 13.2. The monoisotopic (exact) mass is 627 g/mol. The molecule has 0 radical (unpaired) electrons. The SMILES string of the molecule is CC(C)(O)C(O)c1cnc(C2(O)C3CC[C@H]2CC(S(=O)(=O)c2cc(C(=O)Nc4cc(F)c(F)c(F)c4)ccc2Cl)C3)[nH]1. The van der Waals surface area contributed by atoms with Crippen LogP contribution in [0.25, 0.3) is 0 Å². The molecular weight excluding hydrogens is 599 g/mol. The van der Waals surface area contributed by atoms with Crippen molar-refractivity contribution in [3.05, 3.63) is 76.1 Å². The molecule has 0 spiro atoms. The Bertz CT molecular complexity index is 1620. The number of hydrogen-bond acceptors (Lipinski definition) is 7. The summed E-state index contributed by atoms with van der Waals surface area (Å²) in [6, 6.07) is 4.73. The van der Waals surface area contributed by atoms with Gasteiger partial charge in [0.25, 0.3) is 5.91 Å². The molecule has 42 heavy (non-hydrogen) atoms. The van der Waals surface area contributed by atoms with E-state index in [1.807, 2.05) is 0 Å². The Balaban J connectivity index is 1.38. The van der Waals surface area contributed by atoms with E-state index < -0.39 is 67.6 Å². The van der Waals surface area contributed by atoms with Crippen LogP contribution in [0.2, 0.25) is 5.02 Å². The number of sulfone groups is 1. The van der Waals surface area contributed by atoms with Crippen molar-refractivity contribution in [2.45, 2.75) is 67.0 Å². The van der Waals surface area contributed by atoms with Crippen LogP contribution in [0, 0.1) is 29.3 Å². The van der Waals surface area contributed by atoms with Gasteiger partial charge in [0.15, 0.2) is 27.3 Å². The van der Waals surface area contributed by atoms with E-state index in [0.29, 0.717) is 25.0 Å². The molecule has 2 aliphatic carbocycles. The third-order valence-electron chi connectivity index (χ3n) is 8.32. The summed E-state index contributed by atoms with van der Waals surface area (Å²) in [7, 11) is -4.12. The van der Waals surface area contributed by atoms with E-state index in [1.54, 1.807) is 0 Å². The number of anilines is 1. The maximum absolute atomic E-state index is 13.8. The van der Waals surface area contributed by atoms with Crippen molar-refractivity contribution in [2.24, 2.45) is 11.8 Å². The molecule has 2 aromatic carbocycles. The van der Waals surface area contributed by atoms with Crippen LogP contribution >= 0.6 is 11.6 Å². The number of halogens is 4. The van der Waals surface area contributed by atoms with Crippen LogP contribution in [0.3, 0.4) is 0 Å². The zero-order valence-corrected chi connectivity index (χ0v) is 24.1. The summed E-state index contributed by atoms with van der Waals surface area (Å²) in [5.41, 5.74) is -3.25. The predicted molar refractivity (Wildman–Crippen MR) is 146 cm³/mol. The molecule has 3 aromatic rings. The minimum atomic E-state index is -4.12. The van der Waals surface area contributed by atoms with Gasteiger partial charge in [-0.1, -0.05) is 11.6 Å². The number of aliphatic hydroxyl groups excluding tert-OH is 1. The van der Waals surface area contributed by atoms with Gasteiger partial charge in [0.05, 0.1) is 32.7 Å². The lowest BCUT2D eigenvalue weighted by atomic mass is 9.74. The van der Waals surface area contributed by atoms with Gasteiger partial charge in [0.2, 0.25) is 0 Å². The van der Waals surface area contributed by atoms with Crippen molar-refractivity contribution in [1.82, 2.24) is 9.97 Å². The molecule has 14 heteroatoms. The topological polar surface area (TPSA) is 153 Å². The van der Waals surface area contributed by atoms with E-state index in [0.717, 1.165) is 6.07 Å². The highest BCUT2D eigenvalue weighted by atomic mass is 35.5. The lowest BCUT2D eigenvalue weighted by Gasteiger charge is -2.41. The van der Waals surface area contributed by atoms with Crippen LogP contribution < -0.4 is 5.32 Å². The number of amides is 1. The maximum atomic E-state index is 13.8. The van der Waals surface area contributed by atoms with Gasteiger partial charge in [-0.3, -0.25) is 4.79 Å².